The van der Waals surface area contributed by atoms with Gasteiger partial charge in [-0.3, -0.25) is 0 Å². The van der Waals surface area contributed by atoms with Crippen LogP contribution in [0.15, 0.2) is 22.7 Å². The first kappa shape index (κ1) is 14.9. The van der Waals surface area contributed by atoms with Crippen molar-refractivity contribution in [3.05, 3.63) is 34.1 Å². The third-order valence-electron chi connectivity index (χ3n) is 3.13. The van der Waals surface area contributed by atoms with E-state index in [9.17, 15) is 4.39 Å². The molecule has 1 N–H and O–H groups in total. The highest BCUT2D eigenvalue weighted by molar-refractivity contribution is 9.10. The molecule has 1 aromatic carbocycles. The Morgan fingerprint density at radius 2 is 2.26 bits per heavy atom. The molecule has 2 atom stereocenters. The molecule has 0 saturated carbocycles. The minimum absolute atomic E-state index is 0.0238. The highest BCUT2D eigenvalue weighted by atomic mass is 79.9. The Hall–Kier alpha value is -0.490. The van der Waals surface area contributed by atoms with Crippen LogP contribution in [0.4, 0.5) is 4.39 Å². The monoisotopic (exact) mass is 331 g/mol. The van der Waals surface area contributed by atoms with Gasteiger partial charge in [0.25, 0.3) is 0 Å². The molecule has 3 nitrogen and oxygen atoms in total. The fourth-order valence-electron chi connectivity index (χ4n) is 2.32. The maximum Gasteiger partial charge on any atom is 0.124 e. The largest absolute Gasteiger partial charge is 0.376 e. The van der Waals surface area contributed by atoms with Crippen LogP contribution in [0.25, 0.3) is 0 Å². The lowest BCUT2D eigenvalue weighted by Crippen LogP contribution is -2.47. The molecule has 0 spiro atoms. The highest BCUT2D eigenvalue weighted by Gasteiger charge is 2.24. The molecular weight excluding hydrogens is 313 g/mol. The molecule has 0 amide bonds. The molecule has 1 saturated heterocycles. The Morgan fingerprint density at radius 3 is 2.89 bits per heavy atom. The second kappa shape index (κ2) is 7.33. The summed E-state index contributed by atoms with van der Waals surface area (Å²) in [7, 11) is 0. The summed E-state index contributed by atoms with van der Waals surface area (Å²) in [6, 6.07) is 5.11. The van der Waals surface area contributed by atoms with Crippen LogP contribution in [0.5, 0.6) is 0 Å². The van der Waals surface area contributed by atoms with Gasteiger partial charge < -0.3 is 14.8 Å². The lowest BCUT2D eigenvalue weighted by Gasteiger charge is -2.31. The van der Waals surface area contributed by atoms with Crippen molar-refractivity contribution in [2.24, 2.45) is 0 Å². The molecule has 2 rings (SSSR count). The van der Waals surface area contributed by atoms with Crippen LogP contribution in [0.1, 0.15) is 12.5 Å². The van der Waals surface area contributed by atoms with Crippen molar-refractivity contribution < 1.29 is 13.9 Å². The fraction of sp³-hybridized carbons (Fsp3) is 0.571. The number of benzene rings is 1. The zero-order valence-corrected chi connectivity index (χ0v) is 12.6. The van der Waals surface area contributed by atoms with E-state index in [0.29, 0.717) is 19.8 Å². The minimum atomic E-state index is -0.222. The van der Waals surface area contributed by atoms with E-state index in [0.717, 1.165) is 23.0 Å². The second-order valence-corrected chi connectivity index (χ2v) is 5.55. The van der Waals surface area contributed by atoms with Gasteiger partial charge in [-0.05, 0) is 36.7 Å². The number of rotatable bonds is 5. The molecule has 5 heteroatoms. The van der Waals surface area contributed by atoms with Crippen LogP contribution >= 0.6 is 15.9 Å². The normalized spacial score (nSPS) is 21.3. The van der Waals surface area contributed by atoms with E-state index in [1.807, 2.05) is 6.07 Å². The summed E-state index contributed by atoms with van der Waals surface area (Å²) in [5.74, 6) is -0.222. The maximum absolute atomic E-state index is 13.4. The van der Waals surface area contributed by atoms with E-state index in [-0.39, 0.29) is 18.0 Å². The van der Waals surface area contributed by atoms with E-state index in [1.165, 1.54) is 6.07 Å². The summed E-state index contributed by atoms with van der Waals surface area (Å²) >= 11 is 3.32. The second-order valence-electron chi connectivity index (χ2n) is 4.63. The average Bonchev–Trinajstić information content (AvgIpc) is 2.38. The van der Waals surface area contributed by atoms with Crippen LogP contribution in [-0.2, 0) is 15.9 Å². The molecule has 0 aliphatic carbocycles. The number of hydrogen-bond acceptors (Lipinski definition) is 3. The van der Waals surface area contributed by atoms with Crippen molar-refractivity contribution >= 4 is 15.9 Å². The van der Waals surface area contributed by atoms with Gasteiger partial charge in [-0.25, -0.2) is 4.39 Å². The van der Waals surface area contributed by atoms with Gasteiger partial charge in [0.05, 0.1) is 25.9 Å². The van der Waals surface area contributed by atoms with E-state index in [2.05, 4.69) is 28.2 Å². The van der Waals surface area contributed by atoms with Gasteiger partial charge in [0.2, 0.25) is 0 Å². The number of ether oxygens (including phenoxy) is 2. The van der Waals surface area contributed by atoms with Crippen LogP contribution in [0.2, 0.25) is 0 Å². The lowest BCUT2D eigenvalue weighted by molar-refractivity contribution is -0.101. The number of nitrogens with one attached hydrogen (secondary N) is 1. The molecule has 1 fully saturated rings. The van der Waals surface area contributed by atoms with Crippen molar-refractivity contribution in [1.82, 2.24) is 5.32 Å². The summed E-state index contributed by atoms with van der Waals surface area (Å²) < 4.78 is 25.3. The zero-order valence-electron chi connectivity index (χ0n) is 11.0. The fourth-order valence-corrected chi connectivity index (χ4v) is 2.83. The van der Waals surface area contributed by atoms with Crippen LogP contribution < -0.4 is 5.32 Å². The van der Waals surface area contributed by atoms with Gasteiger partial charge in [-0.1, -0.05) is 22.9 Å². The molecule has 0 aromatic heterocycles. The van der Waals surface area contributed by atoms with E-state index < -0.39 is 0 Å². The van der Waals surface area contributed by atoms with Crippen molar-refractivity contribution in [2.45, 2.75) is 25.5 Å². The molecule has 0 bridgehead atoms. The van der Waals surface area contributed by atoms with E-state index in [1.54, 1.807) is 6.07 Å². The van der Waals surface area contributed by atoms with Gasteiger partial charge >= 0.3 is 0 Å². The summed E-state index contributed by atoms with van der Waals surface area (Å²) in [5, 5.41) is 3.40. The first-order valence-corrected chi connectivity index (χ1v) is 7.36. The molecule has 106 valence electrons. The predicted octanol–water partition coefficient (Wildman–Crippen LogP) is 2.52. The lowest BCUT2D eigenvalue weighted by atomic mass is 10.0. The Bertz CT molecular complexity index is 390. The zero-order chi connectivity index (χ0) is 13.7. The number of likely N-dealkylation sites (N-methyl/N-ethyl adjacent to an activating group) is 1. The van der Waals surface area contributed by atoms with Gasteiger partial charge in [0, 0.05) is 10.5 Å². The molecule has 2 unspecified atom stereocenters. The first-order valence-electron chi connectivity index (χ1n) is 6.56. The summed E-state index contributed by atoms with van der Waals surface area (Å²) in [4.78, 5) is 0. The van der Waals surface area contributed by atoms with Crippen LogP contribution in [0.3, 0.4) is 0 Å². The summed E-state index contributed by atoms with van der Waals surface area (Å²) in [6.45, 7) is 4.77. The quantitative estimate of drug-likeness (QED) is 0.899. The van der Waals surface area contributed by atoms with Crippen LogP contribution in [0, 0.1) is 5.82 Å². The number of hydrogen-bond donors (Lipinski definition) is 1. The standard InChI is InChI=1S/C14H19BrFNO2/c1-2-17-13(14-9-18-3-4-19-14)7-10-5-11(15)8-12(16)6-10/h5-6,8,13-14,17H,2-4,7,9H2,1H3. The smallest absolute Gasteiger partial charge is 0.124 e. The van der Waals surface area contributed by atoms with Crippen molar-refractivity contribution in [3.8, 4) is 0 Å². The predicted molar refractivity (Wildman–Crippen MR) is 75.8 cm³/mol. The maximum atomic E-state index is 13.4. The third-order valence-corrected chi connectivity index (χ3v) is 3.59. The average molecular weight is 332 g/mol. The molecular formula is C14H19BrFNO2. The van der Waals surface area contributed by atoms with Gasteiger partial charge in [-0.2, -0.15) is 0 Å². The molecule has 0 radical (unpaired) electrons. The summed E-state index contributed by atoms with van der Waals surface area (Å²) in [6.07, 6.45) is 0.744. The molecule has 1 aliphatic rings. The Balaban J connectivity index is 2.06. The third kappa shape index (κ3) is 4.53. The Kier molecular flexibility index (Phi) is 5.76. The Morgan fingerprint density at radius 1 is 1.42 bits per heavy atom. The van der Waals surface area contributed by atoms with Gasteiger partial charge in [-0.15, -0.1) is 0 Å². The Labute approximate surface area is 121 Å². The van der Waals surface area contributed by atoms with E-state index in [4.69, 9.17) is 9.47 Å². The van der Waals surface area contributed by atoms with Crippen molar-refractivity contribution in [1.29, 1.82) is 0 Å². The molecule has 19 heavy (non-hydrogen) atoms. The molecule has 1 aromatic rings. The molecule has 1 heterocycles. The highest BCUT2D eigenvalue weighted by Crippen LogP contribution is 2.18. The van der Waals surface area contributed by atoms with Crippen molar-refractivity contribution in [3.63, 3.8) is 0 Å². The van der Waals surface area contributed by atoms with Crippen molar-refractivity contribution in [2.75, 3.05) is 26.4 Å². The number of halogens is 2. The SMILES string of the molecule is CCNC(Cc1cc(F)cc(Br)c1)C1COCCO1. The van der Waals surface area contributed by atoms with Crippen LogP contribution in [-0.4, -0.2) is 38.5 Å². The first-order chi connectivity index (χ1) is 9.19. The van der Waals surface area contributed by atoms with Gasteiger partial charge in [0.15, 0.2) is 0 Å². The van der Waals surface area contributed by atoms with Gasteiger partial charge in [0.1, 0.15) is 5.82 Å². The minimum Gasteiger partial charge on any atom is -0.376 e. The van der Waals surface area contributed by atoms with E-state index >= 15 is 0 Å². The molecule has 1 aliphatic heterocycles. The topological polar surface area (TPSA) is 30.5 Å². The summed E-state index contributed by atoms with van der Waals surface area (Å²) in [5.41, 5.74) is 0.951.